The number of sulfonamides is 1. The van der Waals surface area contributed by atoms with Crippen molar-refractivity contribution in [3.8, 4) is 0 Å². The Morgan fingerprint density at radius 2 is 1.95 bits per heavy atom. The number of nitrogens with one attached hydrogen (secondary N) is 2. The number of alkyl carbamates (subject to hydrolysis) is 1. The van der Waals surface area contributed by atoms with Crippen LogP contribution in [0.1, 0.15) is 37.8 Å². The third-order valence-electron chi connectivity index (χ3n) is 7.90. The Morgan fingerprint density at radius 1 is 1.17 bits per heavy atom. The van der Waals surface area contributed by atoms with Gasteiger partial charge in [-0.1, -0.05) is 44.2 Å². The zero-order chi connectivity index (χ0) is 29.9. The molecule has 3 aliphatic rings. The third kappa shape index (κ3) is 7.12. The molecule has 3 heterocycles. The maximum absolute atomic E-state index is 13.8. The number of aliphatic hydroxyl groups excluding tert-OH is 1. The molecule has 2 aromatic carbocycles. The molecule has 0 aliphatic carbocycles. The summed E-state index contributed by atoms with van der Waals surface area (Å²) in [6, 6.07) is 13.4. The molecular formula is C30H39N3O8S. The van der Waals surface area contributed by atoms with Crippen LogP contribution < -0.4 is 10.6 Å². The van der Waals surface area contributed by atoms with Crippen molar-refractivity contribution in [1.29, 1.82) is 0 Å². The second-order valence-electron chi connectivity index (χ2n) is 11.6. The number of rotatable bonds is 12. The summed E-state index contributed by atoms with van der Waals surface area (Å²) < 4.78 is 45.7. The van der Waals surface area contributed by atoms with Gasteiger partial charge >= 0.3 is 6.09 Å². The summed E-state index contributed by atoms with van der Waals surface area (Å²) in [6.07, 6.45) is -0.989. The maximum atomic E-state index is 13.8. The molecule has 2 amide bonds. The van der Waals surface area contributed by atoms with E-state index in [1.807, 2.05) is 44.2 Å². The molecule has 5 atom stereocenters. The summed E-state index contributed by atoms with van der Waals surface area (Å²) in [5, 5.41) is 17.0. The maximum Gasteiger partial charge on any atom is 0.407 e. The van der Waals surface area contributed by atoms with Gasteiger partial charge in [0.1, 0.15) is 6.10 Å². The minimum Gasteiger partial charge on any atom is -0.443 e. The van der Waals surface area contributed by atoms with E-state index in [1.54, 1.807) is 6.07 Å². The smallest absolute Gasteiger partial charge is 0.407 e. The fourth-order valence-electron chi connectivity index (χ4n) is 5.73. The summed E-state index contributed by atoms with van der Waals surface area (Å²) in [6.45, 7) is 4.50. The first-order valence-electron chi connectivity index (χ1n) is 14.5. The number of aryl methyl sites for hydroxylation is 1. The standard InChI is InChI=1S/C30H39N3O8S/c1-19(2)16-33(42(37,38)22-9-11-24-21(14-22)15-28(35)31-24)17-26(34)25(10-8-20-6-4-3-5-7-20)32-30(36)41-27-18-40-29-23(27)12-13-39-29/h3-7,9,11,14,19,23,25-27,29,34H,8,10,12-13,15-18H2,1-2H3,(H,31,35)(H,32,36)/t23?,25-,26+,27?,29?/m0/s1. The molecule has 228 valence electrons. The van der Waals surface area contributed by atoms with E-state index >= 15 is 0 Å². The van der Waals surface area contributed by atoms with Crippen LogP contribution >= 0.6 is 0 Å². The first-order chi connectivity index (χ1) is 20.1. The first kappa shape index (κ1) is 30.4. The van der Waals surface area contributed by atoms with Crippen LogP contribution in [0, 0.1) is 11.8 Å². The molecule has 0 radical (unpaired) electrons. The Bertz CT molecular complexity index is 1370. The van der Waals surface area contributed by atoms with Crippen LogP contribution in [0.3, 0.4) is 0 Å². The molecule has 2 aromatic rings. The van der Waals surface area contributed by atoms with Gasteiger partial charge in [-0.3, -0.25) is 4.79 Å². The van der Waals surface area contributed by atoms with Crippen LogP contribution in [0.5, 0.6) is 0 Å². The van der Waals surface area contributed by atoms with Gasteiger partial charge in [0.05, 0.1) is 42.6 Å². The second-order valence-corrected chi connectivity index (χ2v) is 13.5. The van der Waals surface area contributed by atoms with Crippen molar-refractivity contribution in [2.75, 3.05) is 31.6 Å². The van der Waals surface area contributed by atoms with Crippen LogP contribution in [0.2, 0.25) is 0 Å². The minimum atomic E-state index is -4.03. The van der Waals surface area contributed by atoms with E-state index in [-0.39, 0.29) is 55.0 Å². The van der Waals surface area contributed by atoms with Gasteiger partial charge in [-0.05, 0) is 54.5 Å². The summed E-state index contributed by atoms with van der Waals surface area (Å²) >= 11 is 0. The Hall–Kier alpha value is -3.03. The molecule has 0 bridgehead atoms. The molecule has 2 fully saturated rings. The summed E-state index contributed by atoms with van der Waals surface area (Å²) in [4.78, 5) is 24.9. The number of anilines is 1. The van der Waals surface area contributed by atoms with Crippen LogP contribution in [0.15, 0.2) is 53.4 Å². The van der Waals surface area contributed by atoms with Crippen LogP contribution in [-0.4, -0.2) is 80.7 Å². The molecule has 3 aliphatic heterocycles. The molecule has 5 rings (SSSR count). The normalized spacial score (nSPS) is 23.0. The topological polar surface area (TPSA) is 144 Å². The number of hydrogen-bond donors (Lipinski definition) is 3. The predicted molar refractivity (Wildman–Crippen MR) is 154 cm³/mol. The third-order valence-corrected chi connectivity index (χ3v) is 9.72. The molecule has 0 saturated carbocycles. The Labute approximate surface area is 246 Å². The lowest BCUT2D eigenvalue weighted by molar-refractivity contribution is -0.115. The van der Waals surface area contributed by atoms with Gasteiger partial charge < -0.3 is 30.0 Å². The first-order valence-corrected chi connectivity index (χ1v) is 15.9. The number of benzene rings is 2. The SMILES string of the molecule is CC(C)CN(C[C@@H](O)[C@H](CCc1ccccc1)NC(=O)OC1COC2OCCC12)S(=O)(=O)c1ccc2c(c1)CC(=O)N2. The van der Waals surface area contributed by atoms with E-state index in [2.05, 4.69) is 10.6 Å². The zero-order valence-electron chi connectivity index (χ0n) is 23.9. The molecule has 2 saturated heterocycles. The van der Waals surface area contributed by atoms with Crippen LogP contribution in [-0.2, 0) is 41.9 Å². The van der Waals surface area contributed by atoms with Crippen molar-refractivity contribution < 1.29 is 37.3 Å². The van der Waals surface area contributed by atoms with Crippen molar-refractivity contribution >= 4 is 27.7 Å². The average Bonchev–Trinajstić information content (AvgIpc) is 3.67. The van der Waals surface area contributed by atoms with E-state index in [0.29, 0.717) is 30.7 Å². The van der Waals surface area contributed by atoms with E-state index in [1.165, 1.54) is 16.4 Å². The molecule has 3 unspecified atom stereocenters. The van der Waals surface area contributed by atoms with Crippen molar-refractivity contribution in [3.05, 3.63) is 59.7 Å². The molecule has 11 nitrogen and oxygen atoms in total. The molecule has 42 heavy (non-hydrogen) atoms. The number of carbonyl (C=O) groups is 2. The Morgan fingerprint density at radius 3 is 2.71 bits per heavy atom. The highest BCUT2D eigenvalue weighted by molar-refractivity contribution is 7.89. The van der Waals surface area contributed by atoms with Gasteiger partial charge in [-0.2, -0.15) is 4.31 Å². The summed E-state index contributed by atoms with van der Waals surface area (Å²) in [5.41, 5.74) is 2.23. The summed E-state index contributed by atoms with van der Waals surface area (Å²) in [5.74, 6) is -0.254. The number of fused-ring (bicyclic) bond motifs is 2. The van der Waals surface area contributed by atoms with E-state index in [4.69, 9.17) is 14.2 Å². The van der Waals surface area contributed by atoms with Gasteiger partial charge in [0.25, 0.3) is 0 Å². The van der Waals surface area contributed by atoms with Gasteiger partial charge in [-0.25, -0.2) is 13.2 Å². The second kappa shape index (κ2) is 13.1. The number of amides is 2. The Kier molecular flexibility index (Phi) is 9.48. The van der Waals surface area contributed by atoms with Gasteiger partial charge in [0, 0.05) is 18.8 Å². The lowest BCUT2D eigenvalue weighted by atomic mass is 10.0. The lowest BCUT2D eigenvalue weighted by Gasteiger charge is -2.31. The number of aliphatic hydroxyl groups is 1. The van der Waals surface area contributed by atoms with Crippen molar-refractivity contribution in [3.63, 3.8) is 0 Å². The monoisotopic (exact) mass is 601 g/mol. The van der Waals surface area contributed by atoms with Crippen molar-refractivity contribution in [2.45, 2.75) is 69.0 Å². The predicted octanol–water partition coefficient (Wildman–Crippen LogP) is 2.68. The largest absolute Gasteiger partial charge is 0.443 e. The lowest BCUT2D eigenvalue weighted by Crippen LogP contribution is -2.51. The Balaban J connectivity index is 1.32. The van der Waals surface area contributed by atoms with E-state index in [0.717, 1.165) is 12.0 Å². The number of hydrogen-bond acceptors (Lipinski definition) is 8. The highest BCUT2D eigenvalue weighted by Crippen LogP contribution is 2.33. The molecule has 12 heteroatoms. The van der Waals surface area contributed by atoms with E-state index < -0.39 is 34.4 Å². The number of ether oxygens (including phenoxy) is 3. The van der Waals surface area contributed by atoms with Gasteiger partial charge in [0.15, 0.2) is 6.29 Å². The average molecular weight is 602 g/mol. The summed E-state index contributed by atoms with van der Waals surface area (Å²) in [7, 11) is -4.03. The highest BCUT2D eigenvalue weighted by Gasteiger charge is 2.44. The zero-order valence-corrected chi connectivity index (χ0v) is 24.7. The highest BCUT2D eigenvalue weighted by atomic mass is 32.2. The molecule has 0 spiro atoms. The minimum absolute atomic E-state index is 0.0331. The van der Waals surface area contributed by atoms with Crippen LogP contribution in [0.4, 0.5) is 10.5 Å². The molecular weight excluding hydrogens is 562 g/mol. The molecule has 3 N–H and O–H groups in total. The van der Waals surface area contributed by atoms with Crippen molar-refractivity contribution in [2.24, 2.45) is 11.8 Å². The molecule has 0 aromatic heterocycles. The van der Waals surface area contributed by atoms with E-state index in [9.17, 15) is 23.1 Å². The van der Waals surface area contributed by atoms with Gasteiger partial charge in [-0.15, -0.1) is 0 Å². The number of carbonyl (C=O) groups excluding carboxylic acids is 2. The van der Waals surface area contributed by atoms with Crippen LogP contribution in [0.25, 0.3) is 0 Å². The van der Waals surface area contributed by atoms with Gasteiger partial charge in [0.2, 0.25) is 15.9 Å². The van der Waals surface area contributed by atoms with Crippen molar-refractivity contribution in [1.82, 2.24) is 9.62 Å². The fourth-order valence-corrected chi connectivity index (χ4v) is 7.40. The number of nitrogens with zero attached hydrogens (tertiary/aromatic N) is 1. The fraction of sp³-hybridized carbons (Fsp3) is 0.533. The quantitative estimate of drug-likeness (QED) is 0.337.